The number of nitrogens with zero attached hydrogens (tertiary/aromatic N) is 4. The highest BCUT2D eigenvalue weighted by atomic mass is 35.5. The molecule has 0 saturated carbocycles. The first-order valence-corrected chi connectivity index (χ1v) is 12.6. The molecular formula is C24H22ClF3N4O5S. The summed E-state index contributed by atoms with van der Waals surface area (Å²) in [6, 6.07) is 6.36. The molecule has 0 unspecified atom stereocenters. The molecule has 1 aromatic carbocycles. The smallest absolute Gasteiger partial charge is 0.363 e. The summed E-state index contributed by atoms with van der Waals surface area (Å²) >= 11 is 6.08. The van der Waals surface area contributed by atoms with Crippen LogP contribution in [0.5, 0.6) is 0 Å². The van der Waals surface area contributed by atoms with Gasteiger partial charge in [-0.25, -0.2) is 22.7 Å². The largest absolute Gasteiger partial charge is 0.416 e. The highest BCUT2D eigenvalue weighted by molar-refractivity contribution is 7.92. The summed E-state index contributed by atoms with van der Waals surface area (Å²) in [7, 11) is -2.09. The van der Waals surface area contributed by atoms with E-state index in [1.54, 1.807) is 0 Å². The standard InChI is InChI=1S/C24H22ClF3N4O5S/c1-14-5-6-18(11-19(14)24(26,27)28)38(35,36)32(13-37-4)20-10-17(25)12-30-22(20)23(34)16-7-8-29-21(9-16)31(3)15(2)33/h5-12H,13H2,1-4H3. The second-order valence-electron chi connectivity index (χ2n) is 8.08. The van der Waals surface area contributed by atoms with E-state index >= 15 is 0 Å². The molecule has 0 aliphatic rings. The first kappa shape index (κ1) is 29.0. The van der Waals surface area contributed by atoms with Crippen LogP contribution in [0.15, 0.2) is 53.7 Å². The molecular weight excluding hydrogens is 549 g/mol. The minimum atomic E-state index is -4.80. The molecule has 2 aromatic heterocycles. The Labute approximate surface area is 221 Å². The number of amides is 1. The molecule has 202 valence electrons. The average molecular weight is 571 g/mol. The van der Waals surface area contributed by atoms with E-state index in [0.29, 0.717) is 10.4 Å². The van der Waals surface area contributed by atoms with Crippen molar-refractivity contribution in [2.45, 2.75) is 24.9 Å². The number of benzene rings is 1. The van der Waals surface area contributed by atoms with Gasteiger partial charge in [0.15, 0.2) is 0 Å². The Morgan fingerprint density at radius 1 is 1.11 bits per heavy atom. The highest BCUT2D eigenvalue weighted by Crippen LogP contribution is 2.35. The monoisotopic (exact) mass is 570 g/mol. The van der Waals surface area contributed by atoms with E-state index in [9.17, 15) is 31.2 Å². The number of hydrogen-bond donors (Lipinski definition) is 0. The Balaban J connectivity index is 2.18. The minimum absolute atomic E-state index is 0.0173. The van der Waals surface area contributed by atoms with E-state index in [4.69, 9.17) is 16.3 Å². The Hall–Kier alpha value is -3.55. The number of halogens is 4. The summed E-state index contributed by atoms with van der Waals surface area (Å²) in [5.74, 6) is -0.950. The lowest BCUT2D eigenvalue weighted by molar-refractivity contribution is -0.138. The molecule has 0 fully saturated rings. The molecule has 0 N–H and O–H groups in total. The van der Waals surface area contributed by atoms with Gasteiger partial charge in [0.25, 0.3) is 10.0 Å². The van der Waals surface area contributed by atoms with Gasteiger partial charge in [-0.1, -0.05) is 17.7 Å². The Morgan fingerprint density at radius 2 is 1.79 bits per heavy atom. The first-order chi connectivity index (χ1) is 17.7. The fourth-order valence-electron chi connectivity index (χ4n) is 3.41. The fourth-order valence-corrected chi connectivity index (χ4v) is 4.97. The normalized spacial score (nSPS) is 11.8. The minimum Gasteiger partial charge on any atom is -0.363 e. The van der Waals surface area contributed by atoms with Crippen molar-refractivity contribution in [2.24, 2.45) is 0 Å². The van der Waals surface area contributed by atoms with Gasteiger partial charge >= 0.3 is 6.18 Å². The lowest BCUT2D eigenvalue weighted by Gasteiger charge is -2.26. The van der Waals surface area contributed by atoms with Crippen LogP contribution < -0.4 is 9.21 Å². The molecule has 1 amide bonds. The molecule has 14 heteroatoms. The van der Waals surface area contributed by atoms with Gasteiger partial charge < -0.3 is 9.64 Å². The van der Waals surface area contributed by atoms with Crippen molar-refractivity contribution in [2.75, 3.05) is 30.1 Å². The van der Waals surface area contributed by atoms with Crippen LogP contribution in [0.2, 0.25) is 5.02 Å². The maximum atomic E-state index is 13.6. The van der Waals surface area contributed by atoms with Crippen molar-refractivity contribution in [3.05, 3.63) is 76.2 Å². The molecule has 0 aliphatic heterocycles. The number of pyridine rings is 2. The number of rotatable bonds is 8. The topological polar surface area (TPSA) is 110 Å². The fraction of sp³-hybridized carbons (Fsp3) is 0.250. The third kappa shape index (κ3) is 5.95. The van der Waals surface area contributed by atoms with Gasteiger partial charge in [-0.3, -0.25) is 9.59 Å². The maximum Gasteiger partial charge on any atom is 0.416 e. The number of aromatic nitrogens is 2. The number of methoxy groups -OCH3 is 1. The number of sulfonamides is 1. The lowest BCUT2D eigenvalue weighted by Crippen LogP contribution is -2.34. The highest BCUT2D eigenvalue weighted by Gasteiger charge is 2.36. The number of ketones is 1. The van der Waals surface area contributed by atoms with Gasteiger partial charge in [-0.05, 0) is 42.8 Å². The first-order valence-electron chi connectivity index (χ1n) is 10.8. The summed E-state index contributed by atoms with van der Waals surface area (Å²) in [5.41, 5.74) is -1.98. The molecule has 0 saturated heterocycles. The van der Waals surface area contributed by atoms with Gasteiger partial charge in [-0.2, -0.15) is 13.2 Å². The van der Waals surface area contributed by atoms with Crippen LogP contribution in [0.25, 0.3) is 0 Å². The zero-order valence-corrected chi connectivity index (χ0v) is 22.1. The number of hydrogen-bond acceptors (Lipinski definition) is 7. The number of ether oxygens (including phenoxy) is 1. The Kier molecular flexibility index (Phi) is 8.44. The molecule has 0 aliphatic carbocycles. The predicted octanol–water partition coefficient (Wildman–Crippen LogP) is 4.47. The second kappa shape index (κ2) is 11.1. The summed E-state index contributed by atoms with van der Waals surface area (Å²) in [5, 5.41) is -0.0422. The van der Waals surface area contributed by atoms with Crippen LogP contribution in [0, 0.1) is 6.92 Å². The molecule has 0 radical (unpaired) electrons. The van der Waals surface area contributed by atoms with E-state index < -0.39 is 39.2 Å². The molecule has 3 rings (SSSR count). The molecule has 3 aromatic rings. The number of alkyl halides is 3. The van der Waals surface area contributed by atoms with Crippen molar-refractivity contribution >= 4 is 44.8 Å². The van der Waals surface area contributed by atoms with Crippen molar-refractivity contribution in [3.63, 3.8) is 0 Å². The van der Waals surface area contributed by atoms with Crippen LogP contribution >= 0.6 is 11.6 Å². The van der Waals surface area contributed by atoms with E-state index in [1.165, 1.54) is 51.2 Å². The van der Waals surface area contributed by atoms with Crippen molar-refractivity contribution < 1.29 is 35.9 Å². The van der Waals surface area contributed by atoms with E-state index in [-0.39, 0.29) is 39.3 Å². The van der Waals surface area contributed by atoms with E-state index in [1.807, 2.05) is 0 Å². The van der Waals surface area contributed by atoms with Gasteiger partial charge in [0.05, 0.1) is 21.2 Å². The van der Waals surface area contributed by atoms with Crippen LogP contribution in [-0.2, 0) is 25.7 Å². The predicted molar refractivity (Wildman–Crippen MR) is 134 cm³/mol. The van der Waals surface area contributed by atoms with E-state index in [2.05, 4.69) is 9.97 Å². The SMILES string of the molecule is COCN(c1cc(Cl)cnc1C(=O)c1ccnc(N(C)C(C)=O)c1)S(=O)(=O)c1ccc(C)c(C(F)(F)F)c1. The number of carbonyl (C=O) groups is 2. The molecule has 0 spiro atoms. The van der Waals surface area contributed by atoms with Crippen LogP contribution in [-0.4, -0.2) is 51.0 Å². The average Bonchev–Trinajstić information content (AvgIpc) is 2.85. The van der Waals surface area contributed by atoms with Gasteiger partial charge in [0.2, 0.25) is 11.7 Å². The maximum absolute atomic E-state index is 13.6. The van der Waals surface area contributed by atoms with Crippen LogP contribution in [0.3, 0.4) is 0 Å². The molecule has 0 bridgehead atoms. The lowest BCUT2D eigenvalue weighted by atomic mass is 10.1. The Bertz CT molecular complexity index is 1500. The Morgan fingerprint density at radius 3 is 2.39 bits per heavy atom. The van der Waals surface area contributed by atoms with Gasteiger partial charge in [0.1, 0.15) is 18.2 Å². The second-order valence-corrected chi connectivity index (χ2v) is 10.4. The quantitative estimate of drug-likeness (QED) is 0.290. The summed E-state index contributed by atoms with van der Waals surface area (Å²) < 4.78 is 73.3. The number of aryl methyl sites for hydroxylation is 1. The molecule has 0 atom stereocenters. The van der Waals surface area contributed by atoms with Crippen LogP contribution in [0.4, 0.5) is 24.7 Å². The zero-order chi connectivity index (χ0) is 28.4. The number of anilines is 2. The zero-order valence-electron chi connectivity index (χ0n) is 20.6. The van der Waals surface area contributed by atoms with E-state index in [0.717, 1.165) is 24.4 Å². The van der Waals surface area contributed by atoms with Crippen molar-refractivity contribution in [1.29, 1.82) is 0 Å². The third-order valence-corrected chi connectivity index (χ3v) is 7.43. The van der Waals surface area contributed by atoms with Crippen molar-refractivity contribution in [1.82, 2.24) is 9.97 Å². The molecule has 9 nitrogen and oxygen atoms in total. The van der Waals surface area contributed by atoms with Gasteiger partial charge in [-0.15, -0.1) is 0 Å². The van der Waals surface area contributed by atoms with Crippen LogP contribution in [0.1, 0.15) is 34.1 Å². The molecule has 38 heavy (non-hydrogen) atoms. The molecule has 2 heterocycles. The third-order valence-electron chi connectivity index (χ3n) is 5.49. The summed E-state index contributed by atoms with van der Waals surface area (Å²) in [6.45, 7) is 1.84. The summed E-state index contributed by atoms with van der Waals surface area (Å²) in [4.78, 5) is 33.8. The number of carbonyl (C=O) groups excluding carboxylic acids is 2. The van der Waals surface area contributed by atoms with Gasteiger partial charge in [0, 0.05) is 39.0 Å². The summed E-state index contributed by atoms with van der Waals surface area (Å²) in [6.07, 6.45) is -2.40. The van der Waals surface area contributed by atoms with Crippen molar-refractivity contribution in [3.8, 4) is 0 Å².